The van der Waals surface area contributed by atoms with Gasteiger partial charge in [-0.25, -0.2) is 0 Å². The highest BCUT2D eigenvalue weighted by molar-refractivity contribution is 6.40. The average molecular weight is 270 g/mol. The molecule has 7 heteroatoms. The van der Waals surface area contributed by atoms with Crippen molar-refractivity contribution in [2.45, 2.75) is 39.0 Å². The van der Waals surface area contributed by atoms with Gasteiger partial charge in [-0.3, -0.25) is 28.8 Å². The fourth-order valence-corrected chi connectivity index (χ4v) is 1.26. The lowest BCUT2D eigenvalue weighted by atomic mass is 10.0. The number of rotatable bonds is 10. The predicted octanol–water partition coefficient (Wildman–Crippen LogP) is -0.113. The van der Waals surface area contributed by atoms with Crippen molar-refractivity contribution in [2.75, 3.05) is 0 Å². The lowest BCUT2D eigenvalue weighted by Gasteiger charge is -1.99. The van der Waals surface area contributed by atoms with Gasteiger partial charge < -0.3 is 5.11 Å². The minimum absolute atomic E-state index is 0.382. The van der Waals surface area contributed by atoms with Gasteiger partial charge in [0.25, 0.3) is 0 Å². The number of ketones is 5. The quantitative estimate of drug-likeness (QED) is 0.434. The van der Waals surface area contributed by atoms with Crippen molar-refractivity contribution in [3.05, 3.63) is 0 Å². The molecule has 0 rings (SSSR count). The van der Waals surface area contributed by atoms with Gasteiger partial charge in [0, 0.05) is 6.42 Å². The first-order valence-corrected chi connectivity index (χ1v) is 5.53. The Labute approximate surface area is 109 Å². The van der Waals surface area contributed by atoms with E-state index in [2.05, 4.69) is 0 Å². The molecule has 0 radical (unpaired) electrons. The third-order valence-electron chi connectivity index (χ3n) is 2.08. The summed E-state index contributed by atoms with van der Waals surface area (Å²) in [5.41, 5.74) is 0. The maximum Gasteiger partial charge on any atom is 0.303 e. The molecule has 0 aliphatic heterocycles. The van der Waals surface area contributed by atoms with E-state index in [1.807, 2.05) is 0 Å². The number of hydrogen-bond acceptors (Lipinski definition) is 6. The summed E-state index contributed by atoms with van der Waals surface area (Å²) in [5.74, 6) is -4.93. The van der Waals surface area contributed by atoms with Crippen LogP contribution in [0.4, 0.5) is 0 Å². The molecule has 0 heterocycles. The number of hydrogen-bond donors (Lipinski definition) is 1. The highest BCUT2D eigenvalue weighted by Crippen LogP contribution is 2.01. The molecule has 0 atom stereocenters. The predicted molar refractivity (Wildman–Crippen MR) is 61.4 cm³/mol. The normalized spacial score (nSPS) is 9.74. The molecule has 0 aromatic heterocycles. The van der Waals surface area contributed by atoms with E-state index in [0.717, 1.165) is 0 Å². The molecule has 0 saturated heterocycles. The van der Waals surface area contributed by atoms with Gasteiger partial charge in [0.1, 0.15) is 17.3 Å². The number of carbonyl (C=O) groups is 6. The second-order valence-electron chi connectivity index (χ2n) is 4.05. The van der Waals surface area contributed by atoms with Crippen LogP contribution in [-0.2, 0) is 28.8 Å². The molecule has 0 fully saturated rings. The third-order valence-corrected chi connectivity index (χ3v) is 2.08. The summed E-state index contributed by atoms with van der Waals surface area (Å²) in [6, 6.07) is 0. The van der Waals surface area contributed by atoms with Crippen molar-refractivity contribution >= 4 is 34.9 Å². The maximum absolute atomic E-state index is 11.3. The van der Waals surface area contributed by atoms with E-state index in [-0.39, 0.29) is 12.2 Å². The minimum Gasteiger partial charge on any atom is -0.481 e. The second-order valence-corrected chi connectivity index (χ2v) is 4.05. The molecule has 104 valence electrons. The van der Waals surface area contributed by atoms with Gasteiger partial charge in [-0.2, -0.15) is 0 Å². The Balaban J connectivity index is 4.15. The van der Waals surface area contributed by atoms with E-state index in [1.165, 1.54) is 6.92 Å². The average Bonchev–Trinajstić information content (AvgIpc) is 2.23. The van der Waals surface area contributed by atoms with E-state index < -0.39 is 54.8 Å². The molecule has 7 nitrogen and oxygen atoms in total. The van der Waals surface area contributed by atoms with Crippen LogP contribution in [0.5, 0.6) is 0 Å². The van der Waals surface area contributed by atoms with Crippen LogP contribution in [0.3, 0.4) is 0 Å². The van der Waals surface area contributed by atoms with E-state index >= 15 is 0 Å². The van der Waals surface area contributed by atoms with Gasteiger partial charge in [-0.05, 0) is 6.92 Å². The Morgan fingerprint density at radius 1 is 0.737 bits per heavy atom. The number of carboxylic acid groups (broad SMARTS) is 1. The van der Waals surface area contributed by atoms with Crippen LogP contribution in [0.25, 0.3) is 0 Å². The Kier molecular flexibility index (Phi) is 7.10. The van der Waals surface area contributed by atoms with Gasteiger partial charge >= 0.3 is 5.97 Å². The summed E-state index contributed by atoms with van der Waals surface area (Å²) in [7, 11) is 0. The zero-order valence-corrected chi connectivity index (χ0v) is 10.4. The molecule has 0 aliphatic carbocycles. The Morgan fingerprint density at radius 3 is 1.74 bits per heavy atom. The van der Waals surface area contributed by atoms with Crippen molar-refractivity contribution in [2.24, 2.45) is 0 Å². The molecular weight excluding hydrogens is 256 g/mol. The molecule has 0 unspecified atom stereocenters. The molecule has 0 aromatic carbocycles. The summed E-state index contributed by atoms with van der Waals surface area (Å²) in [5, 5.41) is 8.32. The highest BCUT2D eigenvalue weighted by Gasteiger charge is 2.20. The lowest BCUT2D eigenvalue weighted by Crippen LogP contribution is -2.20. The van der Waals surface area contributed by atoms with Crippen LogP contribution in [0.2, 0.25) is 0 Å². The van der Waals surface area contributed by atoms with Crippen LogP contribution in [0, 0.1) is 0 Å². The van der Waals surface area contributed by atoms with Crippen LogP contribution >= 0.6 is 0 Å². The zero-order valence-electron chi connectivity index (χ0n) is 10.4. The van der Waals surface area contributed by atoms with Crippen molar-refractivity contribution in [3.8, 4) is 0 Å². The highest BCUT2D eigenvalue weighted by atomic mass is 16.4. The van der Waals surface area contributed by atoms with Gasteiger partial charge in [-0.15, -0.1) is 0 Å². The number of carbonyl (C=O) groups excluding carboxylic acids is 5. The number of aliphatic carboxylic acids is 1. The molecule has 19 heavy (non-hydrogen) atoms. The van der Waals surface area contributed by atoms with Crippen LogP contribution in [0.1, 0.15) is 39.0 Å². The van der Waals surface area contributed by atoms with Crippen LogP contribution in [0.15, 0.2) is 0 Å². The summed E-state index contributed by atoms with van der Waals surface area (Å²) in [4.78, 5) is 65.5. The van der Waals surface area contributed by atoms with Crippen LogP contribution in [-0.4, -0.2) is 40.0 Å². The van der Waals surface area contributed by atoms with Gasteiger partial charge in [-0.1, -0.05) is 0 Å². The van der Waals surface area contributed by atoms with Gasteiger partial charge in [0.05, 0.1) is 25.7 Å². The van der Waals surface area contributed by atoms with E-state index in [1.54, 1.807) is 0 Å². The molecule has 1 N–H and O–H groups in total. The lowest BCUT2D eigenvalue weighted by molar-refractivity contribution is -0.141. The fourth-order valence-electron chi connectivity index (χ4n) is 1.26. The van der Waals surface area contributed by atoms with Crippen molar-refractivity contribution < 1.29 is 33.9 Å². The van der Waals surface area contributed by atoms with Crippen LogP contribution < -0.4 is 0 Å². The zero-order chi connectivity index (χ0) is 15.0. The van der Waals surface area contributed by atoms with Gasteiger partial charge in [0.15, 0.2) is 5.78 Å². The Bertz CT molecular complexity index is 433. The van der Waals surface area contributed by atoms with Crippen molar-refractivity contribution in [1.82, 2.24) is 0 Å². The summed E-state index contributed by atoms with van der Waals surface area (Å²) in [6.45, 7) is 1.20. The first-order chi connectivity index (χ1) is 8.72. The summed E-state index contributed by atoms with van der Waals surface area (Å²) < 4.78 is 0. The smallest absolute Gasteiger partial charge is 0.303 e. The first kappa shape index (κ1) is 16.8. The molecule has 0 spiro atoms. The van der Waals surface area contributed by atoms with E-state index in [0.29, 0.717) is 0 Å². The monoisotopic (exact) mass is 270 g/mol. The Morgan fingerprint density at radius 2 is 1.26 bits per heavy atom. The molecule has 0 bridgehead atoms. The van der Waals surface area contributed by atoms with E-state index in [9.17, 15) is 28.8 Å². The number of carboxylic acids is 1. The molecule has 0 aliphatic rings. The Hall–Kier alpha value is -2.18. The second kappa shape index (κ2) is 8.02. The van der Waals surface area contributed by atoms with Crippen molar-refractivity contribution in [3.63, 3.8) is 0 Å². The maximum atomic E-state index is 11.3. The standard InChI is InChI=1S/C12H14O7/c1-7(13)4-8(14)5-9(15)6-11(17)10(16)2-3-12(18)19/h2-6H2,1H3,(H,18,19). The van der Waals surface area contributed by atoms with E-state index in [4.69, 9.17) is 5.11 Å². The molecule has 0 aromatic rings. The first-order valence-electron chi connectivity index (χ1n) is 5.53. The fraction of sp³-hybridized carbons (Fsp3) is 0.500. The topological polar surface area (TPSA) is 123 Å². The molecule has 0 saturated carbocycles. The largest absolute Gasteiger partial charge is 0.481 e. The SMILES string of the molecule is CC(=O)CC(=O)CC(=O)CC(=O)C(=O)CCC(=O)O. The molecular formula is C12H14O7. The summed E-state index contributed by atoms with van der Waals surface area (Å²) >= 11 is 0. The third kappa shape index (κ3) is 8.53. The van der Waals surface area contributed by atoms with Gasteiger partial charge in [0.2, 0.25) is 5.78 Å². The minimum atomic E-state index is -1.22. The van der Waals surface area contributed by atoms with Crippen molar-refractivity contribution in [1.29, 1.82) is 0 Å². The molecule has 0 amide bonds. The summed E-state index contributed by atoms with van der Waals surface area (Å²) in [6.07, 6.45) is -2.64. The number of Topliss-reactive ketones (excluding diaryl/α,β-unsaturated/α-hetero) is 5.